The predicted octanol–water partition coefficient (Wildman–Crippen LogP) is 2.99. The second kappa shape index (κ2) is 8.63. The van der Waals surface area contributed by atoms with Crippen LogP contribution in [0.25, 0.3) is 10.9 Å². The summed E-state index contributed by atoms with van der Waals surface area (Å²) in [4.78, 5) is 42.1. The van der Waals surface area contributed by atoms with E-state index in [0.29, 0.717) is 37.1 Å². The highest BCUT2D eigenvalue weighted by atomic mass is 19.1. The highest BCUT2D eigenvalue weighted by molar-refractivity contribution is 6.36. The molecule has 6 nitrogen and oxygen atoms in total. The number of nitrogens with two attached hydrogens (primary N) is 1. The van der Waals surface area contributed by atoms with Gasteiger partial charge in [-0.3, -0.25) is 19.4 Å². The van der Waals surface area contributed by atoms with Gasteiger partial charge in [-0.05, 0) is 66.3 Å². The van der Waals surface area contributed by atoms with Crippen molar-refractivity contribution in [3.05, 3.63) is 77.2 Å². The first-order valence-electron chi connectivity index (χ1n) is 10.2. The molecular weight excluding hydrogens is 397 g/mol. The lowest BCUT2D eigenvalue weighted by Crippen LogP contribution is -2.42. The summed E-state index contributed by atoms with van der Waals surface area (Å²) in [6, 6.07) is 12.8. The number of carbonyl (C=O) groups excluding carboxylic acids is 3. The van der Waals surface area contributed by atoms with Crippen LogP contribution in [0.4, 0.5) is 4.39 Å². The second-order valence-corrected chi connectivity index (χ2v) is 7.79. The second-order valence-electron chi connectivity index (χ2n) is 7.79. The molecule has 0 spiro atoms. The van der Waals surface area contributed by atoms with Gasteiger partial charge in [-0.1, -0.05) is 12.1 Å². The molecule has 1 saturated heterocycles. The van der Waals surface area contributed by atoms with E-state index in [4.69, 9.17) is 5.73 Å². The number of pyridine rings is 1. The minimum atomic E-state index is -0.540. The van der Waals surface area contributed by atoms with Gasteiger partial charge < -0.3 is 10.6 Å². The Balaban J connectivity index is 1.39. The molecule has 2 N–H and O–H groups in total. The van der Waals surface area contributed by atoms with Crippen molar-refractivity contribution < 1.29 is 18.8 Å². The first-order valence-corrected chi connectivity index (χ1v) is 10.2. The number of fused-ring (bicyclic) bond motifs is 1. The van der Waals surface area contributed by atoms with Gasteiger partial charge in [0.2, 0.25) is 11.7 Å². The van der Waals surface area contributed by atoms with Crippen molar-refractivity contribution in [1.29, 1.82) is 0 Å². The van der Waals surface area contributed by atoms with E-state index in [2.05, 4.69) is 4.98 Å². The molecule has 3 aromatic rings. The van der Waals surface area contributed by atoms with Crippen molar-refractivity contribution >= 4 is 28.5 Å². The number of benzene rings is 2. The summed E-state index contributed by atoms with van der Waals surface area (Å²) < 4.78 is 13.7. The molecular formula is C24H22FN3O3. The van der Waals surface area contributed by atoms with Crippen LogP contribution in [0, 0.1) is 5.82 Å². The monoisotopic (exact) mass is 419 g/mol. The van der Waals surface area contributed by atoms with E-state index in [1.54, 1.807) is 41.4 Å². The van der Waals surface area contributed by atoms with Crippen LogP contribution in [-0.4, -0.2) is 40.6 Å². The number of Topliss-reactive ketones (excluding diaryl/α,β-unsaturated/α-hetero) is 1. The van der Waals surface area contributed by atoms with Gasteiger partial charge in [0.25, 0.3) is 5.91 Å². The van der Waals surface area contributed by atoms with Gasteiger partial charge in [0.15, 0.2) is 0 Å². The number of nitrogens with zero attached hydrogens (tertiary/aromatic N) is 2. The molecule has 1 aliphatic heterocycles. The molecule has 0 unspecified atom stereocenters. The lowest BCUT2D eigenvalue weighted by Gasteiger charge is -2.32. The van der Waals surface area contributed by atoms with Crippen LogP contribution in [0.15, 0.2) is 54.7 Å². The first kappa shape index (κ1) is 20.7. The van der Waals surface area contributed by atoms with Crippen molar-refractivity contribution in [3.8, 4) is 0 Å². The summed E-state index contributed by atoms with van der Waals surface area (Å²) >= 11 is 0. The number of amides is 2. The molecule has 0 aliphatic carbocycles. The Morgan fingerprint density at radius 2 is 1.74 bits per heavy atom. The van der Waals surface area contributed by atoms with E-state index < -0.39 is 17.6 Å². The minimum absolute atomic E-state index is 0.0218. The number of piperidine rings is 1. The average Bonchev–Trinajstić information content (AvgIpc) is 2.78. The van der Waals surface area contributed by atoms with Gasteiger partial charge in [0.1, 0.15) is 5.82 Å². The molecule has 1 fully saturated rings. The number of hydrogen-bond acceptors (Lipinski definition) is 4. The van der Waals surface area contributed by atoms with Crippen LogP contribution in [0.1, 0.15) is 40.2 Å². The quantitative estimate of drug-likeness (QED) is 0.644. The van der Waals surface area contributed by atoms with Crippen LogP contribution in [-0.2, 0) is 16.0 Å². The van der Waals surface area contributed by atoms with Gasteiger partial charge in [-0.25, -0.2) is 4.39 Å². The Kier molecular flexibility index (Phi) is 5.75. The molecule has 2 aromatic carbocycles. The minimum Gasteiger partial charge on any atom is -0.366 e. The molecule has 2 heterocycles. The standard InChI is InChI=1S/C24H22FN3O3/c25-18-5-6-21-20(14-18)19(7-10-27-21)16-8-11-28(12-9-16)24(31)22(29)13-15-1-3-17(4-2-15)23(26)30/h1-7,10,14,16H,8-9,11-13H2,(H2,26,30). The average molecular weight is 419 g/mol. The first-order chi connectivity index (χ1) is 14.9. The maximum Gasteiger partial charge on any atom is 0.290 e. The Morgan fingerprint density at radius 1 is 1.03 bits per heavy atom. The molecule has 0 saturated carbocycles. The third-order valence-corrected chi connectivity index (χ3v) is 5.80. The predicted molar refractivity (Wildman–Crippen MR) is 114 cm³/mol. The fourth-order valence-corrected chi connectivity index (χ4v) is 4.11. The van der Waals surface area contributed by atoms with E-state index in [0.717, 1.165) is 16.5 Å². The van der Waals surface area contributed by atoms with E-state index in [1.807, 2.05) is 6.07 Å². The molecule has 0 radical (unpaired) electrons. The molecule has 7 heteroatoms. The van der Waals surface area contributed by atoms with E-state index in [-0.39, 0.29) is 18.2 Å². The molecule has 4 rings (SSSR count). The van der Waals surface area contributed by atoms with Crippen LogP contribution in [0.3, 0.4) is 0 Å². The Bertz CT molecular complexity index is 1150. The largest absolute Gasteiger partial charge is 0.366 e. The van der Waals surface area contributed by atoms with Crippen molar-refractivity contribution in [3.63, 3.8) is 0 Å². The number of hydrogen-bond donors (Lipinski definition) is 1. The molecule has 0 atom stereocenters. The van der Waals surface area contributed by atoms with Gasteiger partial charge in [-0.15, -0.1) is 0 Å². The number of likely N-dealkylation sites (tertiary alicyclic amines) is 1. The van der Waals surface area contributed by atoms with Crippen molar-refractivity contribution in [2.45, 2.75) is 25.2 Å². The Morgan fingerprint density at radius 3 is 2.42 bits per heavy atom. The maximum absolute atomic E-state index is 13.7. The zero-order valence-corrected chi connectivity index (χ0v) is 16.9. The van der Waals surface area contributed by atoms with Crippen LogP contribution < -0.4 is 5.73 Å². The fourth-order valence-electron chi connectivity index (χ4n) is 4.11. The third kappa shape index (κ3) is 4.45. The summed E-state index contributed by atoms with van der Waals surface area (Å²) in [6.07, 6.45) is 3.09. The molecule has 1 aromatic heterocycles. The summed E-state index contributed by atoms with van der Waals surface area (Å²) in [7, 11) is 0. The molecule has 158 valence electrons. The summed E-state index contributed by atoms with van der Waals surface area (Å²) in [5.41, 5.74) is 7.99. The highest BCUT2D eigenvalue weighted by Gasteiger charge is 2.28. The molecule has 0 bridgehead atoms. The zero-order valence-electron chi connectivity index (χ0n) is 16.9. The fraction of sp³-hybridized carbons (Fsp3) is 0.250. The van der Waals surface area contributed by atoms with Gasteiger partial charge in [0, 0.05) is 36.7 Å². The topological polar surface area (TPSA) is 93.4 Å². The van der Waals surface area contributed by atoms with E-state index >= 15 is 0 Å². The van der Waals surface area contributed by atoms with Crippen LogP contribution >= 0.6 is 0 Å². The van der Waals surface area contributed by atoms with Crippen molar-refractivity contribution in [2.24, 2.45) is 5.73 Å². The zero-order chi connectivity index (χ0) is 22.0. The van der Waals surface area contributed by atoms with Crippen molar-refractivity contribution in [2.75, 3.05) is 13.1 Å². The van der Waals surface area contributed by atoms with Gasteiger partial charge in [-0.2, -0.15) is 0 Å². The molecule has 1 aliphatic rings. The third-order valence-electron chi connectivity index (χ3n) is 5.80. The normalized spacial score (nSPS) is 14.5. The number of carbonyl (C=O) groups is 3. The van der Waals surface area contributed by atoms with Gasteiger partial charge in [0.05, 0.1) is 5.52 Å². The highest BCUT2D eigenvalue weighted by Crippen LogP contribution is 2.32. The van der Waals surface area contributed by atoms with Crippen LogP contribution in [0.2, 0.25) is 0 Å². The summed E-state index contributed by atoms with van der Waals surface area (Å²) in [5.74, 6) is -1.65. The van der Waals surface area contributed by atoms with Crippen LogP contribution in [0.5, 0.6) is 0 Å². The van der Waals surface area contributed by atoms with E-state index in [1.165, 1.54) is 12.1 Å². The van der Waals surface area contributed by atoms with Gasteiger partial charge >= 0.3 is 0 Å². The lowest BCUT2D eigenvalue weighted by molar-refractivity contribution is -0.145. The number of primary amides is 1. The van der Waals surface area contributed by atoms with Crippen molar-refractivity contribution in [1.82, 2.24) is 9.88 Å². The molecule has 31 heavy (non-hydrogen) atoms. The Labute approximate surface area is 178 Å². The smallest absolute Gasteiger partial charge is 0.290 e. The number of ketones is 1. The number of rotatable bonds is 5. The molecule has 2 amide bonds. The maximum atomic E-state index is 13.7. The van der Waals surface area contributed by atoms with E-state index in [9.17, 15) is 18.8 Å². The summed E-state index contributed by atoms with van der Waals surface area (Å²) in [6.45, 7) is 0.934. The summed E-state index contributed by atoms with van der Waals surface area (Å²) in [5, 5.41) is 0.794. The lowest BCUT2D eigenvalue weighted by atomic mass is 9.87. The Hall–Kier alpha value is -3.61. The number of halogens is 1. The SMILES string of the molecule is NC(=O)c1ccc(CC(=O)C(=O)N2CCC(c3ccnc4ccc(F)cc34)CC2)cc1. The number of aromatic nitrogens is 1.